The molecule has 1 amide bonds. The molecule has 1 aliphatic heterocycles. The minimum absolute atomic E-state index is 0.0320. The van der Waals surface area contributed by atoms with E-state index in [1.54, 1.807) is 26.4 Å². The van der Waals surface area contributed by atoms with Gasteiger partial charge in [-0.05, 0) is 46.8 Å². The molecule has 2 rings (SSSR count). The highest BCUT2D eigenvalue weighted by Gasteiger charge is 2.24. The number of methoxy groups -OCH3 is 2. The third-order valence-electron chi connectivity index (χ3n) is 3.85. The first-order valence-electron chi connectivity index (χ1n) is 6.92. The fourth-order valence-electron chi connectivity index (χ4n) is 2.49. The zero-order chi connectivity index (χ0) is 15.4. The highest BCUT2D eigenvalue weighted by atomic mass is 79.9. The summed E-state index contributed by atoms with van der Waals surface area (Å²) < 4.78 is 11.2. The molecule has 116 valence electrons. The van der Waals surface area contributed by atoms with Gasteiger partial charge in [-0.1, -0.05) is 0 Å². The first-order chi connectivity index (χ1) is 10.1. The number of rotatable bonds is 4. The van der Waals surface area contributed by atoms with Crippen LogP contribution in [0.5, 0.6) is 11.5 Å². The zero-order valence-electron chi connectivity index (χ0n) is 12.3. The lowest BCUT2D eigenvalue weighted by atomic mass is 9.97. The van der Waals surface area contributed by atoms with Crippen molar-refractivity contribution in [3.05, 3.63) is 22.2 Å². The number of halogens is 1. The molecule has 0 radical (unpaired) electrons. The number of amides is 1. The Kier molecular flexibility index (Phi) is 5.47. The Morgan fingerprint density at radius 3 is 2.24 bits per heavy atom. The second kappa shape index (κ2) is 7.13. The fourth-order valence-corrected chi connectivity index (χ4v) is 3.05. The Bertz CT molecular complexity index is 487. The van der Waals surface area contributed by atoms with E-state index in [-0.39, 0.29) is 12.5 Å². The smallest absolute Gasteiger partial charge is 0.254 e. The van der Waals surface area contributed by atoms with Crippen LogP contribution in [0.2, 0.25) is 0 Å². The van der Waals surface area contributed by atoms with Crippen molar-refractivity contribution < 1.29 is 19.4 Å². The highest BCUT2D eigenvalue weighted by Crippen LogP contribution is 2.36. The molecule has 0 spiro atoms. The van der Waals surface area contributed by atoms with Crippen molar-refractivity contribution in [2.24, 2.45) is 5.92 Å². The Morgan fingerprint density at radius 2 is 1.81 bits per heavy atom. The number of hydrogen-bond acceptors (Lipinski definition) is 4. The van der Waals surface area contributed by atoms with E-state index in [1.165, 1.54) is 0 Å². The van der Waals surface area contributed by atoms with Crippen molar-refractivity contribution in [1.82, 2.24) is 4.90 Å². The number of carbonyl (C=O) groups is 1. The van der Waals surface area contributed by atoms with Crippen molar-refractivity contribution in [3.63, 3.8) is 0 Å². The first kappa shape index (κ1) is 16.1. The molecule has 21 heavy (non-hydrogen) atoms. The number of aliphatic hydroxyl groups excluding tert-OH is 1. The standard InChI is InChI=1S/C15H20BrNO4/c1-20-12-7-11(8-13(21-2)14(12)16)15(19)17-5-3-10(9-18)4-6-17/h7-8,10,18H,3-6,9H2,1-2H3. The Balaban J connectivity index is 2.19. The number of likely N-dealkylation sites (tertiary alicyclic amines) is 1. The monoisotopic (exact) mass is 357 g/mol. The highest BCUT2D eigenvalue weighted by molar-refractivity contribution is 9.10. The van der Waals surface area contributed by atoms with Crippen LogP contribution in [0.3, 0.4) is 0 Å². The maximum atomic E-state index is 12.6. The lowest BCUT2D eigenvalue weighted by Gasteiger charge is -2.31. The predicted octanol–water partition coefficient (Wildman–Crippen LogP) is 2.31. The average Bonchev–Trinajstić information content (AvgIpc) is 2.54. The molecule has 1 aliphatic rings. The third kappa shape index (κ3) is 3.49. The summed E-state index contributed by atoms with van der Waals surface area (Å²) in [6.07, 6.45) is 1.68. The Labute approximate surface area is 133 Å². The summed E-state index contributed by atoms with van der Waals surface area (Å²) in [5, 5.41) is 9.16. The van der Waals surface area contributed by atoms with Crippen LogP contribution in [-0.2, 0) is 0 Å². The van der Waals surface area contributed by atoms with Crippen molar-refractivity contribution in [2.45, 2.75) is 12.8 Å². The Morgan fingerprint density at radius 1 is 1.29 bits per heavy atom. The van der Waals surface area contributed by atoms with Gasteiger partial charge >= 0.3 is 0 Å². The molecular weight excluding hydrogens is 338 g/mol. The fraction of sp³-hybridized carbons (Fsp3) is 0.533. The van der Waals surface area contributed by atoms with Crippen molar-refractivity contribution >= 4 is 21.8 Å². The number of ether oxygens (including phenoxy) is 2. The second-order valence-electron chi connectivity index (χ2n) is 5.11. The lowest BCUT2D eigenvalue weighted by Crippen LogP contribution is -2.39. The molecule has 0 unspecified atom stereocenters. The summed E-state index contributed by atoms with van der Waals surface area (Å²) in [5.41, 5.74) is 0.550. The molecule has 5 nitrogen and oxygen atoms in total. The maximum absolute atomic E-state index is 12.6. The van der Waals surface area contributed by atoms with Gasteiger partial charge in [0.25, 0.3) is 5.91 Å². The molecule has 1 saturated heterocycles. The summed E-state index contributed by atoms with van der Waals surface area (Å²) in [6, 6.07) is 3.43. The van der Waals surface area contributed by atoms with Crippen LogP contribution in [0.15, 0.2) is 16.6 Å². The van der Waals surface area contributed by atoms with Gasteiger partial charge in [0, 0.05) is 25.3 Å². The van der Waals surface area contributed by atoms with Gasteiger partial charge in [-0.2, -0.15) is 0 Å². The maximum Gasteiger partial charge on any atom is 0.254 e. The van der Waals surface area contributed by atoms with Gasteiger partial charge in [-0.15, -0.1) is 0 Å². The van der Waals surface area contributed by atoms with E-state index in [0.717, 1.165) is 12.8 Å². The summed E-state index contributed by atoms with van der Waals surface area (Å²) in [4.78, 5) is 14.4. The normalized spacial score (nSPS) is 15.9. The van der Waals surface area contributed by atoms with Crippen molar-refractivity contribution in [3.8, 4) is 11.5 Å². The van der Waals surface area contributed by atoms with Crippen LogP contribution in [0.1, 0.15) is 23.2 Å². The van der Waals surface area contributed by atoms with Gasteiger partial charge < -0.3 is 19.5 Å². The third-order valence-corrected chi connectivity index (χ3v) is 4.63. The average molecular weight is 358 g/mol. The van der Waals surface area contributed by atoms with Crippen LogP contribution in [0, 0.1) is 5.92 Å². The molecule has 1 fully saturated rings. The molecule has 0 atom stereocenters. The molecule has 1 N–H and O–H groups in total. The van der Waals surface area contributed by atoms with Gasteiger partial charge in [0.15, 0.2) is 0 Å². The molecule has 1 heterocycles. The largest absolute Gasteiger partial charge is 0.495 e. The second-order valence-corrected chi connectivity index (χ2v) is 5.91. The summed E-state index contributed by atoms with van der Waals surface area (Å²) in [7, 11) is 3.11. The molecule has 0 aliphatic carbocycles. The van der Waals surface area contributed by atoms with E-state index >= 15 is 0 Å². The quantitative estimate of drug-likeness (QED) is 0.898. The topological polar surface area (TPSA) is 59.0 Å². The molecule has 1 aromatic carbocycles. The number of aliphatic hydroxyl groups is 1. The van der Waals surface area contributed by atoms with E-state index in [1.807, 2.05) is 4.90 Å². The summed E-state index contributed by atoms with van der Waals surface area (Å²) in [6.45, 7) is 1.54. The minimum Gasteiger partial charge on any atom is -0.495 e. The molecule has 0 bridgehead atoms. The molecule has 0 aromatic heterocycles. The SMILES string of the molecule is COc1cc(C(=O)N2CCC(CO)CC2)cc(OC)c1Br. The molecule has 0 saturated carbocycles. The summed E-state index contributed by atoms with van der Waals surface area (Å²) >= 11 is 3.40. The minimum atomic E-state index is -0.0320. The van der Waals surface area contributed by atoms with E-state index in [9.17, 15) is 4.79 Å². The number of benzene rings is 1. The number of piperidine rings is 1. The number of hydrogen-bond donors (Lipinski definition) is 1. The van der Waals surface area contributed by atoms with Crippen molar-refractivity contribution in [1.29, 1.82) is 0 Å². The van der Waals surface area contributed by atoms with Crippen LogP contribution in [0.25, 0.3) is 0 Å². The van der Waals surface area contributed by atoms with Crippen LogP contribution in [0.4, 0.5) is 0 Å². The van der Waals surface area contributed by atoms with Gasteiger partial charge in [-0.25, -0.2) is 0 Å². The molecule has 6 heteroatoms. The van der Waals surface area contributed by atoms with Gasteiger partial charge in [0.2, 0.25) is 0 Å². The van der Waals surface area contributed by atoms with Crippen LogP contribution in [-0.4, -0.2) is 49.8 Å². The number of carbonyl (C=O) groups excluding carboxylic acids is 1. The van der Waals surface area contributed by atoms with Crippen molar-refractivity contribution in [2.75, 3.05) is 33.9 Å². The van der Waals surface area contributed by atoms with E-state index in [4.69, 9.17) is 14.6 Å². The molecular formula is C15H20BrNO4. The molecule has 1 aromatic rings. The first-order valence-corrected chi connectivity index (χ1v) is 7.71. The van der Waals surface area contributed by atoms with Crippen LogP contribution >= 0.6 is 15.9 Å². The lowest BCUT2D eigenvalue weighted by molar-refractivity contribution is 0.0650. The van der Waals surface area contributed by atoms with Gasteiger partial charge in [0.1, 0.15) is 16.0 Å². The Hall–Kier alpha value is -1.27. The van der Waals surface area contributed by atoms with E-state index in [0.29, 0.717) is 40.5 Å². The summed E-state index contributed by atoms with van der Waals surface area (Å²) in [5.74, 6) is 1.42. The number of nitrogens with zero attached hydrogens (tertiary/aromatic N) is 1. The van der Waals surface area contributed by atoms with E-state index < -0.39 is 0 Å². The van der Waals surface area contributed by atoms with Gasteiger partial charge in [-0.3, -0.25) is 4.79 Å². The van der Waals surface area contributed by atoms with E-state index in [2.05, 4.69) is 15.9 Å². The van der Waals surface area contributed by atoms with Gasteiger partial charge in [0.05, 0.1) is 14.2 Å². The zero-order valence-corrected chi connectivity index (χ0v) is 13.9. The predicted molar refractivity (Wildman–Crippen MR) is 83.0 cm³/mol. The van der Waals surface area contributed by atoms with Crippen LogP contribution < -0.4 is 9.47 Å².